The SMILES string of the molecule is CCNC(Cc1cc(CC)nn1C)c1cccc(F)c1Br. The number of hydrogen-bond acceptors (Lipinski definition) is 2. The zero-order valence-corrected chi connectivity index (χ0v) is 14.2. The Morgan fingerprint density at radius 2 is 2.14 bits per heavy atom. The highest BCUT2D eigenvalue weighted by molar-refractivity contribution is 9.10. The van der Waals surface area contributed by atoms with Gasteiger partial charge in [-0.2, -0.15) is 5.10 Å². The number of likely N-dealkylation sites (N-methyl/N-ethyl adjacent to an activating group) is 1. The first-order valence-electron chi connectivity index (χ1n) is 7.25. The maximum absolute atomic E-state index is 13.8. The van der Waals surface area contributed by atoms with Crippen molar-refractivity contribution in [3.63, 3.8) is 0 Å². The first-order chi connectivity index (χ1) is 10.1. The second-order valence-electron chi connectivity index (χ2n) is 5.06. The van der Waals surface area contributed by atoms with Crippen LogP contribution < -0.4 is 5.32 Å². The lowest BCUT2D eigenvalue weighted by molar-refractivity contribution is 0.520. The molecule has 1 aromatic heterocycles. The van der Waals surface area contributed by atoms with Crippen LogP contribution in [0, 0.1) is 5.82 Å². The topological polar surface area (TPSA) is 29.9 Å². The Kier molecular flexibility index (Phi) is 5.53. The Balaban J connectivity index is 2.30. The van der Waals surface area contributed by atoms with Gasteiger partial charge in [0, 0.05) is 25.2 Å². The minimum Gasteiger partial charge on any atom is -0.310 e. The van der Waals surface area contributed by atoms with Crippen molar-refractivity contribution in [1.82, 2.24) is 15.1 Å². The van der Waals surface area contributed by atoms with E-state index in [0.717, 1.165) is 36.3 Å². The molecule has 0 aliphatic carbocycles. The summed E-state index contributed by atoms with van der Waals surface area (Å²) in [6.07, 6.45) is 1.70. The molecule has 1 atom stereocenters. The van der Waals surface area contributed by atoms with E-state index in [0.29, 0.717) is 4.47 Å². The van der Waals surface area contributed by atoms with Gasteiger partial charge in [-0.25, -0.2) is 4.39 Å². The monoisotopic (exact) mass is 353 g/mol. The van der Waals surface area contributed by atoms with Crippen molar-refractivity contribution < 1.29 is 4.39 Å². The first kappa shape index (κ1) is 16.2. The molecule has 0 bridgehead atoms. The minimum absolute atomic E-state index is 0.0557. The van der Waals surface area contributed by atoms with Crippen molar-refractivity contribution in [2.75, 3.05) is 6.54 Å². The second kappa shape index (κ2) is 7.18. The maximum atomic E-state index is 13.8. The van der Waals surface area contributed by atoms with Crippen LogP contribution in [0.25, 0.3) is 0 Å². The highest BCUT2D eigenvalue weighted by Gasteiger charge is 2.18. The lowest BCUT2D eigenvalue weighted by Gasteiger charge is -2.20. The van der Waals surface area contributed by atoms with Crippen LogP contribution in [-0.2, 0) is 19.9 Å². The number of aromatic nitrogens is 2. The standard InChI is InChI=1S/C16H21BrFN3/c1-4-11-9-12(21(3)20-11)10-15(19-5-2)13-7-6-8-14(18)16(13)17/h6-9,15,19H,4-5,10H2,1-3H3. The molecule has 5 heteroatoms. The normalized spacial score (nSPS) is 12.6. The summed E-state index contributed by atoms with van der Waals surface area (Å²) in [5.41, 5.74) is 3.17. The van der Waals surface area contributed by atoms with Crippen molar-refractivity contribution in [3.05, 3.63) is 51.5 Å². The largest absolute Gasteiger partial charge is 0.310 e. The summed E-state index contributed by atoms with van der Waals surface area (Å²) in [5, 5.41) is 7.91. The van der Waals surface area contributed by atoms with Crippen molar-refractivity contribution in [2.24, 2.45) is 7.05 Å². The molecular formula is C16H21BrFN3. The van der Waals surface area contributed by atoms with E-state index in [1.54, 1.807) is 6.07 Å². The molecule has 1 heterocycles. The average Bonchev–Trinajstić information content (AvgIpc) is 2.82. The molecule has 0 spiro atoms. The summed E-state index contributed by atoms with van der Waals surface area (Å²) in [4.78, 5) is 0. The second-order valence-corrected chi connectivity index (χ2v) is 5.85. The lowest BCUT2D eigenvalue weighted by atomic mass is 10.0. The van der Waals surface area contributed by atoms with Gasteiger partial charge >= 0.3 is 0 Å². The maximum Gasteiger partial charge on any atom is 0.137 e. The summed E-state index contributed by atoms with van der Waals surface area (Å²) in [5.74, 6) is -0.227. The van der Waals surface area contributed by atoms with Gasteiger partial charge in [-0.1, -0.05) is 26.0 Å². The Bertz CT molecular complexity index is 610. The molecule has 0 aliphatic heterocycles. The van der Waals surface area contributed by atoms with E-state index in [1.165, 1.54) is 6.07 Å². The van der Waals surface area contributed by atoms with E-state index in [9.17, 15) is 4.39 Å². The number of rotatable bonds is 6. The van der Waals surface area contributed by atoms with Crippen LogP contribution in [0.5, 0.6) is 0 Å². The number of nitrogens with zero attached hydrogens (tertiary/aromatic N) is 2. The van der Waals surface area contributed by atoms with Crippen LogP contribution in [0.2, 0.25) is 0 Å². The first-order valence-corrected chi connectivity index (χ1v) is 8.05. The summed E-state index contributed by atoms with van der Waals surface area (Å²) in [7, 11) is 1.96. The Morgan fingerprint density at radius 3 is 2.76 bits per heavy atom. The fraction of sp³-hybridized carbons (Fsp3) is 0.438. The molecule has 0 saturated carbocycles. The molecule has 21 heavy (non-hydrogen) atoms. The number of hydrogen-bond donors (Lipinski definition) is 1. The van der Waals surface area contributed by atoms with Crippen LogP contribution in [0.1, 0.15) is 36.8 Å². The van der Waals surface area contributed by atoms with E-state index in [-0.39, 0.29) is 11.9 Å². The molecule has 0 saturated heterocycles. The highest BCUT2D eigenvalue weighted by Crippen LogP contribution is 2.28. The van der Waals surface area contributed by atoms with Crippen LogP contribution in [0.4, 0.5) is 4.39 Å². The fourth-order valence-electron chi connectivity index (χ4n) is 2.47. The van der Waals surface area contributed by atoms with Crippen molar-refractivity contribution in [2.45, 2.75) is 32.7 Å². The van der Waals surface area contributed by atoms with Gasteiger partial charge in [0.15, 0.2) is 0 Å². The summed E-state index contributed by atoms with van der Waals surface area (Å²) >= 11 is 3.36. The van der Waals surface area contributed by atoms with Gasteiger partial charge in [0.1, 0.15) is 5.82 Å². The van der Waals surface area contributed by atoms with Crippen molar-refractivity contribution >= 4 is 15.9 Å². The molecule has 2 rings (SSSR count). The average molecular weight is 354 g/mol. The third kappa shape index (κ3) is 3.71. The van der Waals surface area contributed by atoms with Gasteiger partial charge in [0.05, 0.1) is 10.2 Å². The van der Waals surface area contributed by atoms with E-state index in [4.69, 9.17) is 0 Å². The van der Waals surface area contributed by atoms with Gasteiger partial charge in [-0.15, -0.1) is 0 Å². The molecule has 1 unspecified atom stereocenters. The third-order valence-electron chi connectivity index (χ3n) is 3.61. The molecule has 0 aliphatic rings. The molecule has 0 fully saturated rings. The molecular weight excluding hydrogens is 333 g/mol. The molecule has 1 N–H and O–H groups in total. The fourth-order valence-corrected chi connectivity index (χ4v) is 3.01. The highest BCUT2D eigenvalue weighted by atomic mass is 79.9. The number of nitrogens with one attached hydrogen (secondary N) is 1. The quantitative estimate of drug-likeness (QED) is 0.856. The van der Waals surface area contributed by atoms with Crippen LogP contribution in [-0.4, -0.2) is 16.3 Å². The summed E-state index contributed by atoms with van der Waals surface area (Å²) in [6.45, 7) is 4.98. The molecule has 114 valence electrons. The minimum atomic E-state index is -0.227. The van der Waals surface area contributed by atoms with Crippen LogP contribution in [0.15, 0.2) is 28.7 Å². The Labute approximate surface area is 133 Å². The summed E-state index contributed by atoms with van der Waals surface area (Å²) in [6, 6.07) is 7.35. The number of aryl methyl sites for hydroxylation is 2. The van der Waals surface area contributed by atoms with Gasteiger partial charge in [0.25, 0.3) is 0 Å². The van der Waals surface area contributed by atoms with Crippen molar-refractivity contribution in [1.29, 1.82) is 0 Å². The number of halogens is 2. The predicted octanol–water partition coefficient (Wildman–Crippen LogP) is 3.78. The third-order valence-corrected chi connectivity index (χ3v) is 4.45. The Hall–Kier alpha value is -1.20. The molecule has 3 nitrogen and oxygen atoms in total. The van der Waals surface area contributed by atoms with Crippen LogP contribution >= 0.6 is 15.9 Å². The lowest BCUT2D eigenvalue weighted by Crippen LogP contribution is -2.24. The molecule has 1 aromatic carbocycles. The molecule has 0 amide bonds. The van der Waals surface area contributed by atoms with Gasteiger partial charge in [-0.3, -0.25) is 4.68 Å². The predicted molar refractivity (Wildman–Crippen MR) is 86.8 cm³/mol. The van der Waals surface area contributed by atoms with E-state index >= 15 is 0 Å². The van der Waals surface area contributed by atoms with Gasteiger partial charge in [-0.05, 0) is 46.6 Å². The van der Waals surface area contributed by atoms with Gasteiger partial charge in [0.2, 0.25) is 0 Å². The molecule has 0 radical (unpaired) electrons. The van der Waals surface area contributed by atoms with Gasteiger partial charge < -0.3 is 5.32 Å². The van der Waals surface area contributed by atoms with Crippen LogP contribution in [0.3, 0.4) is 0 Å². The molecule has 2 aromatic rings. The van der Waals surface area contributed by atoms with E-state index in [2.05, 4.69) is 46.3 Å². The number of benzene rings is 1. The Morgan fingerprint density at radius 1 is 1.38 bits per heavy atom. The van der Waals surface area contributed by atoms with E-state index < -0.39 is 0 Å². The summed E-state index contributed by atoms with van der Waals surface area (Å²) < 4.78 is 16.2. The zero-order valence-electron chi connectivity index (χ0n) is 12.7. The van der Waals surface area contributed by atoms with Crippen molar-refractivity contribution in [3.8, 4) is 0 Å². The zero-order chi connectivity index (χ0) is 15.4. The smallest absolute Gasteiger partial charge is 0.137 e. The van der Waals surface area contributed by atoms with E-state index in [1.807, 2.05) is 17.8 Å².